The van der Waals surface area contributed by atoms with E-state index in [0.29, 0.717) is 28.3 Å². The van der Waals surface area contributed by atoms with Crippen molar-refractivity contribution < 1.29 is 4.79 Å². The third-order valence-corrected chi connectivity index (χ3v) is 4.20. The van der Waals surface area contributed by atoms with Gasteiger partial charge in [0, 0.05) is 17.6 Å². The van der Waals surface area contributed by atoms with E-state index in [1.165, 1.54) is 6.08 Å². The van der Waals surface area contributed by atoms with Crippen LogP contribution in [0.5, 0.6) is 0 Å². The van der Waals surface area contributed by atoms with Gasteiger partial charge in [-0.25, -0.2) is 4.98 Å². The summed E-state index contributed by atoms with van der Waals surface area (Å²) in [6, 6.07) is 14.5. The van der Waals surface area contributed by atoms with Crippen LogP contribution >= 0.6 is 11.6 Å². The molecule has 0 fully saturated rings. The number of fused-ring (bicyclic) bond motifs is 1. The molecule has 0 spiro atoms. The minimum absolute atomic E-state index is 0.148. The standard InChI is InChI=1S/C20H18ClN3O2/c1-2-24(19(25)11-8-14-6-4-3-5-7-14)13-18-22-17-12-15(21)9-10-16(17)20(26)23-18/h3-12H,2,13H2,1H3,(H,22,23,26). The Kier molecular flexibility index (Phi) is 5.49. The Labute approximate surface area is 155 Å². The van der Waals surface area contributed by atoms with Gasteiger partial charge < -0.3 is 9.88 Å². The van der Waals surface area contributed by atoms with Crippen molar-refractivity contribution in [2.45, 2.75) is 13.5 Å². The number of halogens is 1. The van der Waals surface area contributed by atoms with Crippen LogP contribution < -0.4 is 5.56 Å². The van der Waals surface area contributed by atoms with Gasteiger partial charge in [0.15, 0.2) is 0 Å². The van der Waals surface area contributed by atoms with Gasteiger partial charge in [0.05, 0.1) is 17.4 Å². The van der Waals surface area contributed by atoms with Crippen LogP contribution in [0.15, 0.2) is 59.4 Å². The number of nitrogens with zero attached hydrogens (tertiary/aromatic N) is 2. The van der Waals surface area contributed by atoms with Crippen LogP contribution in [-0.2, 0) is 11.3 Å². The Bertz CT molecular complexity index is 1010. The van der Waals surface area contributed by atoms with E-state index >= 15 is 0 Å². The third-order valence-electron chi connectivity index (χ3n) is 3.97. The fourth-order valence-electron chi connectivity index (χ4n) is 2.60. The number of aromatic amines is 1. The highest BCUT2D eigenvalue weighted by Gasteiger charge is 2.12. The molecule has 1 N–H and O–H groups in total. The Hall–Kier alpha value is -2.92. The van der Waals surface area contributed by atoms with E-state index in [0.717, 1.165) is 5.56 Å². The van der Waals surface area contributed by atoms with E-state index in [9.17, 15) is 9.59 Å². The highest BCUT2D eigenvalue weighted by Crippen LogP contribution is 2.15. The first-order valence-electron chi connectivity index (χ1n) is 8.27. The number of rotatable bonds is 5. The number of carbonyl (C=O) groups is 1. The van der Waals surface area contributed by atoms with Gasteiger partial charge >= 0.3 is 0 Å². The predicted octanol–water partition coefficient (Wildman–Crippen LogP) is 3.64. The molecule has 0 aliphatic carbocycles. The molecule has 0 unspecified atom stereocenters. The first kappa shape index (κ1) is 17.9. The van der Waals surface area contributed by atoms with E-state index in [1.54, 1.807) is 29.2 Å². The largest absolute Gasteiger partial charge is 0.332 e. The highest BCUT2D eigenvalue weighted by molar-refractivity contribution is 6.31. The molecule has 26 heavy (non-hydrogen) atoms. The van der Waals surface area contributed by atoms with Crippen molar-refractivity contribution in [2.24, 2.45) is 0 Å². The summed E-state index contributed by atoms with van der Waals surface area (Å²) < 4.78 is 0. The van der Waals surface area contributed by atoms with Gasteiger partial charge in [0.25, 0.3) is 5.56 Å². The summed E-state index contributed by atoms with van der Waals surface area (Å²) in [6.07, 6.45) is 3.29. The zero-order valence-corrected chi connectivity index (χ0v) is 15.0. The zero-order valence-electron chi connectivity index (χ0n) is 14.3. The number of H-pyrrole nitrogens is 1. The molecule has 0 atom stereocenters. The summed E-state index contributed by atoms with van der Waals surface area (Å²) in [5, 5.41) is 0.979. The molecule has 0 radical (unpaired) electrons. The molecule has 0 aliphatic rings. The zero-order chi connectivity index (χ0) is 18.5. The minimum Gasteiger partial charge on any atom is -0.332 e. The number of hydrogen-bond acceptors (Lipinski definition) is 3. The van der Waals surface area contributed by atoms with Crippen LogP contribution in [0.2, 0.25) is 5.02 Å². The number of hydrogen-bond donors (Lipinski definition) is 1. The van der Waals surface area contributed by atoms with Gasteiger partial charge in [-0.3, -0.25) is 9.59 Å². The number of carbonyl (C=O) groups excluding carboxylic acids is 1. The topological polar surface area (TPSA) is 66.1 Å². The van der Waals surface area contributed by atoms with Crippen molar-refractivity contribution in [1.82, 2.24) is 14.9 Å². The Morgan fingerprint density at radius 1 is 1.23 bits per heavy atom. The Morgan fingerprint density at radius 2 is 2.00 bits per heavy atom. The molecule has 3 aromatic rings. The van der Waals surface area contributed by atoms with E-state index < -0.39 is 0 Å². The summed E-state index contributed by atoms with van der Waals surface area (Å²) in [5.41, 5.74) is 1.22. The minimum atomic E-state index is -0.245. The second-order valence-electron chi connectivity index (χ2n) is 5.77. The molecule has 1 amide bonds. The lowest BCUT2D eigenvalue weighted by atomic mass is 10.2. The molecule has 0 saturated carbocycles. The lowest BCUT2D eigenvalue weighted by Gasteiger charge is -2.18. The first-order valence-corrected chi connectivity index (χ1v) is 8.65. The van der Waals surface area contributed by atoms with E-state index in [-0.39, 0.29) is 18.0 Å². The molecule has 132 valence electrons. The summed E-state index contributed by atoms with van der Waals surface area (Å²) in [7, 11) is 0. The normalized spacial score (nSPS) is 11.2. The Morgan fingerprint density at radius 3 is 2.73 bits per heavy atom. The molecule has 0 aliphatic heterocycles. The van der Waals surface area contributed by atoms with Crippen LogP contribution in [0.1, 0.15) is 18.3 Å². The van der Waals surface area contributed by atoms with Crippen LogP contribution in [0, 0.1) is 0 Å². The van der Waals surface area contributed by atoms with Crippen LogP contribution in [0.4, 0.5) is 0 Å². The maximum absolute atomic E-state index is 12.5. The van der Waals surface area contributed by atoms with E-state index in [1.807, 2.05) is 37.3 Å². The summed E-state index contributed by atoms with van der Waals surface area (Å²) in [5.74, 6) is 0.276. The fourth-order valence-corrected chi connectivity index (χ4v) is 2.77. The van der Waals surface area contributed by atoms with Gasteiger partial charge in [-0.05, 0) is 36.8 Å². The SMILES string of the molecule is CCN(Cc1nc2cc(Cl)ccc2c(=O)[nH]1)C(=O)C=Cc1ccccc1. The van der Waals surface area contributed by atoms with E-state index in [4.69, 9.17) is 11.6 Å². The quantitative estimate of drug-likeness (QED) is 0.700. The second-order valence-corrected chi connectivity index (χ2v) is 6.21. The van der Waals surface area contributed by atoms with Gasteiger partial charge in [-0.1, -0.05) is 41.9 Å². The smallest absolute Gasteiger partial charge is 0.258 e. The number of benzene rings is 2. The lowest BCUT2D eigenvalue weighted by Crippen LogP contribution is -2.30. The number of likely N-dealkylation sites (N-methyl/N-ethyl adjacent to an activating group) is 1. The monoisotopic (exact) mass is 367 g/mol. The van der Waals surface area contributed by atoms with Crippen LogP contribution in [-0.4, -0.2) is 27.3 Å². The fraction of sp³-hybridized carbons (Fsp3) is 0.150. The molecular formula is C20H18ClN3O2. The second kappa shape index (κ2) is 7.97. The van der Waals surface area contributed by atoms with Crippen molar-refractivity contribution in [2.75, 3.05) is 6.54 Å². The maximum atomic E-state index is 12.5. The molecule has 3 rings (SSSR count). The molecular weight excluding hydrogens is 350 g/mol. The predicted molar refractivity (Wildman–Crippen MR) is 104 cm³/mol. The van der Waals surface area contributed by atoms with Crippen molar-refractivity contribution in [1.29, 1.82) is 0 Å². The van der Waals surface area contributed by atoms with Crippen molar-refractivity contribution in [3.05, 3.63) is 81.4 Å². The van der Waals surface area contributed by atoms with Gasteiger partial charge in [-0.2, -0.15) is 0 Å². The molecule has 5 nitrogen and oxygen atoms in total. The number of amides is 1. The average Bonchev–Trinajstić information content (AvgIpc) is 2.64. The molecule has 1 aromatic heterocycles. The van der Waals surface area contributed by atoms with Crippen LogP contribution in [0.25, 0.3) is 17.0 Å². The number of nitrogens with one attached hydrogen (secondary N) is 1. The highest BCUT2D eigenvalue weighted by atomic mass is 35.5. The molecule has 2 aromatic carbocycles. The maximum Gasteiger partial charge on any atom is 0.258 e. The van der Waals surface area contributed by atoms with Gasteiger partial charge in [-0.15, -0.1) is 0 Å². The summed E-state index contributed by atoms with van der Waals surface area (Å²) in [4.78, 5) is 33.4. The third kappa shape index (κ3) is 4.18. The van der Waals surface area contributed by atoms with Gasteiger partial charge in [0.1, 0.15) is 5.82 Å². The first-order chi connectivity index (χ1) is 12.6. The number of aromatic nitrogens is 2. The summed E-state index contributed by atoms with van der Waals surface area (Å²) >= 11 is 5.98. The van der Waals surface area contributed by atoms with Crippen LogP contribution in [0.3, 0.4) is 0 Å². The van der Waals surface area contributed by atoms with Gasteiger partial charge in [0.2, 0.25) is 5.91 Å². The average molecular weight is 368 g/mol. The van der Waals surface area contributed by atoms with Crippen molar-refractivity contribution in [3.8, 4) is 0 Å². The molecule has 1 heterocycles. The van der Waals surface area contributed by atoms with Crippen molar-refractivity contribution >= 4 is 34.5 Å². The molecule has 0 saturated heterocycles. The molecule has 6 heteroatoms. The lowest BCUT2D eigenvalue weighted by molar-refractivity contribution is -0.126. The summed E-state index contributed by atoms with van der Waals surface area (Å²) in [6.45, 7) is 2.59. The van der Waals surface area contributed by atoms with E-state index in [2.05, 4.69) is 9.97 Å². The molecule has 0 bridgehead atoms. The Balaban J connectivity index is 1.81. The van der Waals surface area contributed by atoms with Crippen molar-refractivity contribution in [3.63, 3.8) is 0 Å².